The van der Waals surface area contributed by atoms with Crippen LogP contribution in [0.2, 0.25) is 0 Å². The first-order valence-corrected chi connectivity index (χ1v) is 8.71. The number of aromatic nitrogens is 2. The van der Waals surface area contributed by atoms with Crippen molar-refractivity contribution < 1.29 is 13.6 Å². The van der Waals surface area contributed by atoms with Gasteiger partial charge in [-0.25, -0.2) is 13.8 Å². The fraction of sp³-hybridized carbons (Fsp3) is 0.474. The summed E-state index contributed by atoms with van der Waals surface area (Å²) >= 11 is 0. The van der Waals surface area contributed by atoms with Gasteiger partial charge in [0.25, 0.3) is 0 Å². The minimum atomic E-state index is -0.405. The summed E-state index contributed by atoms with van der Waals surface area (Å²) in [5.41, 5.74) is 0.429. The van der Waals surface area contributed by atoms with Gasteiger partial charge in [-0.2, -0.15) is 0 Å². The van der Waals surface area contributed by atoms with Crippen LogP contribution in [0.15, 0.2) is 36.9 Å². The van der Waals surface area contributed by atoms with Crippen LogP contribution in [0.1, 0.15) is 25.3 Å². The predicted molar refractivity (Wildman–Crippen MR) is 90.8 cm³/mol. The largest absolute Gasteiger partial charge is 0.342 e. The quantitative estimate of drug-likeness (QED) is 0.832. The van der Waals surface area contributed by atoms with Crippen molar-refractivity contribution in [2.24, 2.45) is 11.8 Å². The van der Waals surface area contributed by atoms with E-state index >= 15 is 0 Å². The van der Waals surface area contributed by atoms with Gasteiger partial charge in [-0.05, 0) is 48.9 Å². The summed E-state index contributed by atoms with van der Waals surface area (Å²) in [6.07, 6.45) is 7.43. The molecule has 1 unspecified atom stereocenters. The number of halogens is 2. The molecule has 0 saturated carbocycles. The highest BCUT2D eigenvalue weighted by atomic mass is 19.1. The topological polar surface area (TPSA) is 38.1 Å². The monoisotopic (exact) mass is 347 g/mol. The van der Waals surface area contributed by atoms with E-state index in [4.69, 9.17) is 0 Å². The highest BCUT2D eigenvalue weighted by Gasteiger charge is 2.26. The van der Waals surface area contributed by atoms with Crippen LogP contribution in [0.3, 0.4) is 0 Å². The second kappa shape index (κ2) is 7.76. The number of benzene rings is 1. The SMILES string of the molecule is CC(Cn1ccnc1)C(=O)N1CCC(Cc2cc(F)ccc2F)CC1. The summed E-state index contributed by atoms with van der Waals surface area (Å²) in [4.78, 5) is 18.5. The molecule has 134 valence electrons. The number of likely N-dealkylation sites (tertiary alicyclic amines) is 1. The molecule has 0 radical (unpaired) electrons. The Hall–Kier alpha value is -2.24. The molecular weight excluding hydrogens is 324 g/mol. The van der Waals surface area contributed by atoms with Crippen molar-refractivity contribution in [3.05, 3.63) is 54.1 Å². The minimum absolute atomic E-state index is 0.105. The molecule has 1 aliphatic heterocycles. The van der Waals surface area contributed by atoms with Crippen molar-refractivity contribution in [2.45, 2.75) is 32.7 Å². The van der Waals surface area contributed by atoms with E-state index in [0.717, 1.165) is 18.9 Å². The van der Waals surface area contributed by atoms with Gasteiger partial charge in [-0.3, -0.25) is 4.79 Å². The van der Waals surface area contributed by atoms with Crippen LogP contribution in [0, 0.1) is 23.5 Å². The molecule has 1 aromatic heterocycles. The highest BCUT2D eigenvalue weighted by molar-refractivity contribution is 5.78. The van der Waals surface area contributed by atoms with Crippen LogP contribution < -0.4 is 0 Å². The van der Waals surface area contributed by atoms with Crippen LogP contribution in [0.5, 0.6) is 0 Å². The number of carbonyl (C=O) groups is 1. The average Bonchev–Trinajstić information content (AvgIpc) is 3.11. The molecule has 6 heteroatoms. The Morgan fingerprint density at radius 3 is 2.76 bits per heavy atom. The Bertz CT molecular complexity index is 709. The maximum Gasteiger partial charge on any atom is 0.227 e. The highest BCUT2D eigenvalue weighted by Crippen LogP contribution is 2.24. The smallest absolute Gasteiger partial charge is 0.227 e. The van der Waals surface area contributed by atoms with Gasteiger partial charge in [0.2, 0.25) is 5.91 Å². The van der Waals surface area contributed by atoms with Gasteiger partial charge in [0.1, 0.15) is 11.6 Å². The van der Waals surface area contributed by atoms with E-state index in [0.29, 0.717) is 31.6 Å². The normalized spacial score (nSPS) is 16.8. The van der Waals surface area contributed by atoms with E-state index in [-0.39, 0.29) is 23.6 Å². The molecule has 3 rings (SSSR count). The predicted octanol–water partition coefficient (Wildman–Crippen LogP) is 3.28. The number of carbonyl (C=O) groups excluding carboxylic acids is 1. The number of piperidine rings is 1. The maximum atomic E-state index is 13.8. The summed E-state index contributed by atoms with van der Waals surface area (Å²) in [6.45, 7) is 3.90. The van der Waals surface area contributed by atoms with Gasteiger partial charge in [0, 0.05) is 32.0 Å². The summed E-state index contributed by atoms with van der Waals surface area (Å²) in [5.74, 6) is -0.439. The molecule has 2 heterocycles. The van der Waals surface area contributed by atoms with Crippen LogP contribution in [0.4, 0.5) is 8.78 Å². The number of hydrogen-bond donors (Lipinski definition) is 0. The maximum absolute atomic E-state index is 13.8. The van der Waals surface area contributed by atoms with Crippen molar-refractivity contribution in [3.63, 3.8) is 0 Å². The van der Waals surface area contributed by atoms with Crippen molar-refractivity contribution >= 4 is 5.91 Å². The molecule has 0 N–H and O–H groups in total. The zero-order valence-electron chi connectivity index (χ0n) is 14.4. The van der Waals surface area contributed by atoms with E-state index in [1.807, 2.05) is 22.6 Å². The molecule has 1 saturated heterocycles. The van der Waals surface area contributed by atoms with E-state index < -0.39 is 5.82 Å². The van der Waals surface area contributed by atoms with Crippen LogP contribution >= 0.6 is 0 Å². The Labute approximate surface area is 146 Å². The number of nitrogens with zero attached hydrogens (tertiary/aromatic N) is 3. The van der Waals surface area contributed by atoms with Crippen molar-refractivity contribution in [3.8, 4) is 0 Å². The lowest BCUT2D eigenvalue weighted by Crippen LogP contribution is -2.42. The molecule has 0 spiro atoms. The van der Waals surface area contributed by atoms with E-state index in [1.54, 1.807) is 12.5 Å². The number of amides is 1. The summed E-state index contributed by atoms with van der Waals surface area (Å²) in [6, 6.07) is 3.60. The lowest BCUT2D eigenvalue weighted by molar-refractivity contribution is -0.136. The molecule has 1 amide bonds. The summed E-state index contributed by atoms with van der Waals surface area (Å²) in [5, 5.41) is 0. The van der Waals surface area contributed by atoms with Crippen LogP contribution in [0.25, 0.3) is 0 Å². The minimum Gasteiger partial charge on any atom is -0.342 e. The Balaban J connectivity index is 1.51. The van der Waals surface area contributed by atoms with Crippen molar-refractivity contribution in [1.82, 2.24) is 14.5 Å². The van der Waals surface area contributed by atoms with E-state index in [9.17, 15) is 13.6 Å². The van der Waals surface area contributed by atoms with Gasteiger partial charge in [-0.1, -0.05) is 6.92 Å². The van der Waals surface area contributed by atoms with E-state index in [2.05, 4.69) is 4.98 Å². The standard InChI is InChI=1S/C19H23F2N3O/c1-14(12-23-9-6-22-13-23)19(25)24-7-4-15(5-8-24)10-16-11-17(20)2-3-18(16)21/h2-3,6,9,11,13-15H,4-5,7-8,10,12H2,1H3. The molecule has 0 bridgehead atoms. The summed E-state index contributed by atoms with van der Waals surface area (Å²) < 4.78 is 29.0. The fourth-order valence-electron chi connectivity index (χ4n) is 3.47. The van der Waals surface area contributed by atoms with Crippen molar-refractivity contribution in [1.29, 1.82) is 0 Å². The first-order chi connectivity index (χ1) is 12.0. The molecule has 1 atom stereocenters. The Morgan fingerprint density at radius 2 is 2.08 bits per heavy atom. The lowest BCUT2D eigenvalue weighted by Gasteiger charge is -2.33. The Kier molecular flexibility index (Phi) is 5.46. The van der Waals surface area contributed by atoms with Gasteiger partial charge < -0.3 is 9.47 Å². The van der Waals surface area contributed by atoms with Crippen molar-refractivity contribution in [2.75, 3.05) is 13.1 Å². The number of rotatable bonds is 5. The molecule has 2 aromatic rings. The molecule has 4 nitrogen and oxygen atoms in total. The lowest BCUT2D eigenvalue weighted by atomic mass is 9.89. The fourth-order valence-corrected chi connectivity index (χ4v) is 3.47. The first-order valence-electron chi connectivity index (χ1n) is 8.71. The Morgan fingerprint density at radius 1 is 1.32 bits per heavy atom. The van der Waals surface area contributed by atoms with Crippen LogP contribution in [-0.2, 0) is 17.8 Å². The number of imidazole rings is 1. The van der Waals surface area contributed by atoms with E-state index in [1.165, 1.54) is 12.1 Å². The summed E-state index contributed by atoms with van der Waals surface area (Å²) in [7, 11) is 0. The molecule has 0 aliphatic carbocycles. The first kappa shape index (κ1) is 17.6. The second-order valence-electron chi connectivity index (χ2n) is 6.87. The molecular formula is C19H23F2N3O. The van der Waals surface area contributed by atoms with Gasteiger partial charge in [0.15, 0.2) is 0 Å². The third-order valence-corrected chi connectivity index (χ3v) is 4.91. The van der Waals surface area contributed by atoms with Crippen LogP contribution in [-0.4, -0.2) is 33.4 Å². The molecule has 25 heavy (non-hydrogen) atoms. The zero-order chi connectivity index (χ0) is 17.8. The third kappa shape index (κ3) is 4.44. The zero-order valence-corrected chi connectivity index (χ0v) is 14.4. The second-order valence-corrected chi connectivity index (χ2v) is 6.87. The molecule has 1 aliphatic rings. The molecule has 1 fully saturated rings. The molecule has 1 aromatic carbocycles. The average molecular weight is 347 g/mol. The van der Waals surface area contributed by atoms with Gasteiger partial charge >= 0.3 is 0 Å². The van der Waals surface area contributed by atoms with Gasteiger partial charge in [0.05, 0.1) is 12.2 Å². The number of hydrogen-bond acceptors (Lipinski definition) is 2. The van der Waals surface area contributed by atoms with Gasteiger partial charge in [-0.15, -0.1) is 0 Å². The third-order valence-electron chi connectivity index (χ3n) is 4.91.